The van der Waals surface area contributed by atoms with Crippen molar-refractivity contribution in [1.82, 2.24) is 0 Å². The summed E-state index contributed by atoms with van der Waals surface area (Å²) < 4.78 is 13.1. The van der Waals surface area contributed by atoms with Gasteiger partial charge in [0.1, 0.15) is 5.82 Å². The molecule has 0 radical (unpaired) electrons. The van der Waals surface area contributed by atoms with E-state index in [1.165, 1.54) is 18.2 Å². The highest BCUT2D eigenvalue weighted by atomic mass is 35.5. The second-order valence-corrected chi connectivity index (χ2v) is 4.66. The normalized spacial score (nSPS) is 19.6. The average molecular weight is 240 g/mol. The third-order valence-corrected chi connectivity index (χ3v) is 3.41. The summed E-state index contributed by atoms with van der Waals surface area (Å²) in [5.74, 6) is -0.492. The molecule has 4 heteroatoms. The van der Waals surface area contributed by atoms with E-state index < -0.39 is 17.3 Å². The topological polar surface area (TPSA) is 44.0 Å². The number of nitrogens with zero attached hydrogens (tertiary/aromatic N) is 1. The maximum absolute atomic E-state index is 13.1. The number of halogens is 2. The molecule has 1 unspecified atom stereocenters. The highest BCUT2D eigenvalue weighted by Gasteiger charge is 2.44. The standard InChI is InChI=1S/C12H11ClFNO/c13-9-4-8(5-10(14)6-9)11(16)12(7-15)2-1-3-12/h4-6,11,16H,1-3H2. The summed E-state index contributed by atoms with van der Waals surface area (Å²) in [4.78, 5) is 0. The molecule has 84 valence electrons. The maximum atomic E-state index is 13.1. The number of aliphatic hydroxyl groups excluding tert-OH is 1. The Kier molecular flexibility index (Phi) is 2.88. The lowest BCUT2D eigenvalue weighted by Crippen LogP contribution is -2.34. The van der Waals surface area contributed by atoms with Crippen LogP contribution in [0.15, 0.2) is 18.2 Å². The fraction of sp³-hybridized carbons (Fsp3) is 0.417. The van der Waals surface area contributed by atoms with Crippen LogP contribution >= 0.6 is 11.6 Å². The van der Waals surface area contributed by atoms with Gasteiger partial charge in [-0.15, -0.1) is 0 Å². The van der Waals surface area contributed by atoms with Gasteiger partial charge < -0.3 is 5.11 Å². The van der Waals surface area contributed by atoms with Crippen LogP contribution in [0.3, 0.4) is 0 Å². The van der Waals surface area contributed by atoms with E-state index in [2.05, 4.69) is 6.07 Å². The molecule has 1 aromatic rings. The fourth-order valence-corrected chi connectivity index (χ4v) is 2.29. The lowest BCUT2D eigenvalue weighted by molar-refractivity contribution is 0.00777. The largest absolute Gasteiger partial charge is 0.387 e. The Bertz CT molecular complexity index is 431. The van der Waals surface area contributed by atoms with Crippen LogP contribution in [0.2, 0.25) is 5.02 Å². The number of aliphatic hydroxyl groups is 1. The van der Waals surface area contributed by atoms with Crippen molar-refractivity contribution in [2.75, 3.05) is 0 Å². The van der Waals surface area contributed by atoms with Crippen LogP contribution in [-0.2, 0) is 0 Å². The summed E-state index contributed by atoms with van der Waals surface area (Å²) >= 11 is 5.71. The van der Waals surface area contributed by atoms with E-state index in [4.69, 9.17) is 16.9 Å². The minimum atomic E-state index is -0.959. The van der Waals surface area contributed by atoms with Crippen LogP contribution < -0.4 is 0 Å². The van der Waals surface area contributed by atoms with Gasteiger partial charge in [0, 0.05) is 5.02 Å². The van der Waals surface area contributed by atoms with Crippen molar-refractivity contribution in [3.05, 3.63) is 34.6 Å². The van der Waals surface area contributed by atoms with Gasteiger partial charge in [0.05, 0.1) is 17.6 Å². The predicted molar refractivity (Wildman–Crippen MR) is 58.3 cm³/mol. The molecule has 0 saturated heterocycles. The summed E-state index contributed by atoms with van der Waals surface area (Å²) in [6.07, 6.45) is 1.27. The van der Waals surface area contributed by atoms with Gasteiger partial charge in [0.25, 0.3) is 0 Å². The predicted octanol–water partition coefficient (Wildman–Crippen LogP) is 3.21. The molecule has 1 N–H and O–H groups in total. The molecule has 0 heterocycles. The van der Waals surface area contributed by atoms with Crippen LogP contribution in [0, 0.1) is 22.6 Å². The molecule has 0 aromatic heterocycles. The Morgan fingerprint density at radius 3 is 2.56 bits per heavy atom. The van der Waals surface area contributed by atoms with Gasteiger partial charge in [-0.1, -0.05) is 18.0 Å². The first-order valence-electron chi connectivity index (χ1n) is 5.13. The van der Waals surface area contributed by atoms with Crippen molar-refractivity contribution in [3.8, 4) is 6.07 Å². The van der Waals surface area contributed by atoms with Gasteiger partial charge in [-0.25, -0.2) is 4.39 Å². The first-order valence-corrected chi connectivity index (χ1v) is 5.50. The quantitative estimate of drug-likeness (QED) is 0.861. The Balaban J connectivity index is 2.34. The molecule has 1 aliphatic carbocycles. The highest BCUT2D eigenvalue weighted by Crippen LogP contribution is 2.49. The molecule has 1 aliphatic rings. The van der Waals surface area contributed by atoms with Crippen LogP contribution in [0.5, 0.6) is 0 Å². The third kappa shape index (κ3) is 1.79. The zero-order valence-electron chi connectivity index (χ0n) is 8.58. The van der Waals surface area contributed by atoms with E-state index in [1.54, 1.807) is 0 Å². The van der Waals surface area contributed by atoms with E-state index in [1.807, 2.05) is 0 Å². The summed E-state index contributed by atoms with van der Waals surface area (Å²) in [6.45, 7) is 0. The number of hydrogen-bond donors (Lipinski definition) is 1. The molecule has 1 fully saturated rings. The van der Waals surface area contributed by atoms with E-state index in [-0.39, 0.29) is 5.02 Å². The van der Waals surface area contributed by atoms with Crippen molar-refractivity contribution in [2.45, 2.75) is 25.4 Å². The first-order chi connectivity index (χ1) is 7.57. The Hall–Kier alpha value is -1.11. The second kappa shape index (κ2) is 4.04. The van der Waals surface area contributed by atoms with Crippen molar-refractivity contribution in [2.24, 2.45) is 5.41 Å². The Morgan fingerprint density at radius 1 is 1.44 bits per heavy atom. The van der Waals surface area contributed by atoms with Gasteiger partial charge in [0.15, 0.2) is 0 Å². The summed E-state index contributed by atoms with van der Waals surface area (Å²) in [6, 6.07) is 6.05. The lowest BCUT2D eigenvalue weighted by Gasteiger charge is -2.39. The van der Waals surface area contributed by atoms with Crippen molar-refractivity contribution < 1.29 is 9.50 Å². The van der Waals surface area contributed by atoms with Crippen molar-refractivity contribution in [3.63, 3.8) is 0 Å². The highest BCUT2D eigenvalue weighted by molar-refractivity contribution is 6.30. The molecule has 2 rings (SSSR count). The van der Waals surface area contributed by atoms with Crippen LogP contribution in [-0.4, -0.2) is 5.11 Å². The zero-order chi connectivity index (χ0) is 11.8. The van der Waals surface area contributed by atoms with E-state index >= 15 is 0 Å². The molecular formula is C12H11ClFNO. The minimum Gasteiger partial charge on any atom is -0.387 e. The van der Waals surface area contributed by atoms with Crippen molar-refractivity contribution >= 4 is 11.6 Å². The molecule has 0 spiro atoms. The molecular weight excluding hydrogens is 229 g/mol. The fourth-order valence-electron chi connectivity index (χ4n) is 2.06. The molecule has 1 atom stereocenters. The molecule has 1 aromatic carbocycles. The first kappa shape index (κ1) is 11.4. The van der Waals surface area contributed by atoms with Crippen LogP contribution in [0.1, 0.15) is 30.9 Å². The average Bonchev–Trinajstić information content (AvgIpc) is 2.15. The molecule has 16 heavy (non-hydrogen) atoms. The van der Waals surface area contributed by atoms with E-state index in [0.717, 1.165) is 6.42 Å². The van der Waals surface area contributed by atoms with Crippen molar-refractivity contribution in [1.29, 1.82) is 5.26 Å². The van der Waals surface area contributed by atoms with Crippen LogP contribution in [0.25, 0.3) is 0 Å². The molecule has 0 amide bonds. The van der Waals surface area contributed by atoms with Gasteiger partial charge in [-0.2, -0.15) is 5.26 Å². The van der Waals surface area contributed by atoms with Crippen LogP contribution in [0.4, 0.5) is 4.39 Å². The number of nitriles is 1. The van der Waals surface area contributed by atoms with Gasteiger partial charge >= 0.3 is 0 Å². The number of rotatable bonds is 2. The summed E-state index contributed by atoms with van der Waals surface area (Å²) in [7, 11) is 0. The Morgan fingerprint density at radius 2 is 2.12 bits per heavy atom. The number of hydrogen-bond acceptors (Lipinski definition) is 2. The smallest absolute Gasteiger partial charge is 0.125 e. The minimum absolute atomic E-state index is 0.237. The monoisotopic (exact) mass is 239 g/mol. The molecule has 0 aliphatic heterocycles. The zero-order valence-corrected chi connectivity index (χ0v) is 9.34. The number of benzene rings is 1. The Labute approximate surface area is 98.3 Å². The van der Waals surface area contributed by atoms with Gasteiger partial charge in [-0.05, 0) is 36.6 Å². The van der Waals surface area contributed by atoms with E-state index in [0.29, 0.717) is 18.4 Å². The lowest BCUT2D eigenvalue weighted by atomic mass is 9.65. The van der Waals surface area contributed by atoms with Gasteiger partial charge in [-0.3, -0.25) is 0 Å². The van der Waals surface area contributed by atoms with Gasteiger partial charge in [0.2, 0.25) is 0 Å². The molecule has 1 saturated carbocycles. The SMILES string of the molecule is N#CC1(C(O)c2cc(F)cc(Cl)c2)CCC1. The van der Waals surface area contributed by atoms with E-state index in [9.17, 15) is 9.50 Å². The molecule has 0 bridgehead atoms. The summed E-state index contributed by atoms with van der Waals surface area (Å²) in [5.41, 5.74) is -0.372. The second-order valence-electron chi connectivity index (χ2n) is 4.23. The third-order valence-electron chi connectivity index (χ3n) is 3.19. The molecule has 2 nitrogen and oxygen atoms in total. The summed E-state index contributed by atoms with van der Waals surface area (Å²) in [5, 5.41) is 19.4. The maximum Gasteiger partial charge on any atom is 0.125 e.